The van der Waals surface area contributed by atoms with Crippen LogP contribution < -0.4 is 4.74 Å². The molecule has 0 saturated heterocycles. The van der Waals surface area contributed by atoms with Gasteiger partial charge in [0.25, 0.3) is 5.91 Å². The Bertz CT molecular complexity index is 482. The first-order valence-corrected chi connectivity index (χ1v) is 7.58. The lowest BCUT2D eigenvalue weighted by Gasteiger charge is -2.16. The van der Waals surface area contributed by atoms with Gasteiger partial charge in [0, 0.05) is 12.6 Å². The topological polar surface area (TPSA) is 55.8 Å². The molecule has 0 aliphatic heterocycles. The van der Waals surface area contributed by atoms with E-state index in [0.717, 1.165) is 12.2 Å². The van der Waals surface area contributed by atoms with E-state index >= 15 is 0 Å². The van der Waals surface area contributed by atoms with Crippen molar-refractivity contribution in [3.63, 3.8) is 0 Å². The zero-order valence-electron chi connectivity index (χ0n) is 13.8. The standard InChI is InChI=1S/C17H25NO4/c1-5-21-16(19)12-18(4)17(20)14-6-8-15(9-7-14)22-11-10-13(2)3/h6-9,13H,5,10-12H2,1-4H3. The summed E-state index contributed by atoms with van der Waals surface area (Å²) in [5.41, 5.74) is 0.517. The first kappa shape index (κ1) is 18.0. The van der Waals surface area contributed by atoms with Crippen molar-refractivity contribution in [2.45, 2.75) is 27.2 Å². The molecule has 0 heterocycles. The molecule has 0 N–H and O–H groups in total. The second-order valence-electron chi connectivity index (χ2n) is 5.52. The predicted octanol–water partition coefficient (Wildman–Crippen LogP) is 2.75. The van der Waals surface area contributed by atoms with Crippen LogP contribution in [-0.2, 0) is 9.53 Å². The number of likely N-dealkylation sites (N-methyl/N-ethyl adjacent to an activating group) is 1. The maximum absolute atomic E-state index is 12.2. The Morgan fingerprint density at radius 1 is 1.18 bits per heavy atom. The molecular formula is C17H25NO4. The van der Waals surface area contributed by atoms with Crippen molar-refractivity contribution in [1.82, 2.24) is 4.90 Å². The van der Waals surface area contributed by atoms with Crippen molar-refractivity contribution in [2.24, 2.45) is 5.92 Å². The SMILES string of the molecule is CCOC(=O)CN(C)C(=O)c1ccc(OCCC(C)C)cc1. The largest absolute Gasteiger partial charge is 0.494 e. The molecule has 5 nitrogen and oxygen atoms in total. The van der Waals surface area contributed by atoms with Crippen LogP contribution in [-0.4, -0.2) is 43.6 Å². The van der Waals surface area contributed by atoms with E-state index in [1.807, 2.05) is 0 Å². The van der Waals surface area contributed by atoms with Gasteiger partial charge in [0.1, 0.15) is 12.3 Å². The lowest BCUT2D eigenvalue weighted by atomic mass is 10.1. The average molecular weight is 307 g/mol. The zero-order chi connectivity index (χ0) is 16.5. The molecule has 0 spiro atoms. The van der Waals surface area contributed by atoms with Crippen molar-refractivity contribution >= 4 is 11.9 Å². The normalized spacial score (nSPS) is 10.4. The number of ether oxygens (including phenoxy) is 2. The van der Waals surface area contributed by atoms with Crippen LogP contribution in [0.1, 0.15) is 37.6 Å². The van der Waals surface area contributed by atoms with Gasteiger partial charge in [-0.25, -0.2) is 0 Å². The van der Waals surface area contributed by atoms with Crippen LogP contribution in [0.25, 0.3) is 0 Å². The van der Waals surface area contributed by atoms with Crippen molar-refractivity contribution in [1.29, 1.82) is 0 Å². The summed E-state index contributed by atoms with van der Waals surface area (Å²) in [6.07, 6.45) is 0.989. The van der Waals surface area contributed by atoms with Gasteiger partial charge in [-0.05, 0) is 43.5 Å². The monoisotopic (exact) mass is 307 g/mol. The van der Waals surface area contributed by atoms with Crippen LogP contribution in [0.4, 0.5) is 0 Å². The van der Waals surface area contributed by atoms with Crippen molar-refractivity contribution in [3.8, 4) is 5.75 Å². The van der Waals surface area contributed by atoms with Crippen LogP contribution >= 0.6 is 0 Å². The first-order valence-electron chi connectivity index (χ1n) is 7.58. The Morgan fingerprint density at radius 2 is 1.82 bits per heavy atom. The van der Waals surface area contributed by atoms with Crippen LogP contribution in [0, 0.1) is 5.92 Å². The van der Waals surface area contributed by atoms with E-state index in [-0.39, 0.29) is 12.5 Å². The van der Waals surface area contributed by atoms with Crippen LogP contribution in [0.5, 0.6) is 5.75 Å². The maximum atomic E-state index is 12.2. The van der Waals surface area contributed by atoms with Gasteiger partial charge >= 0.3 is 5.97 Å². The molecule has 0 aliphatic carbocycles. The highest BCUT2D eigenvalue weighted by Crippen LogP contribution is 2.14. The van der Waals surface area contributed by atoms with E-state index in [2.05, 4.69) is 13.8 Å². The molecule has 0 unspecified atom stereocenters. The van der Waals surface area contributed by atoms with Crippen LogP contribution in [0.15, 0.2) is 24.3 Å². The van der Waals surface area contributed by atoms with Gasteiger partial charge in [-0.3, -0.25) is 9.59 Å². The van der Waals surface area contributed by atoms with Crippen molar-refractivity contribution in [3.05, 3.63) is 29.8 Å². The Labute approximate surface area is 132 Å². The quantitative estimate of drug-likeness (QED) is 0.693. The van der Waals surface area contributed by atoms with Gasteiger partial charge in [-0.1, -0.05) is 13.8 Å². The summed E-state index contributed by atoms with van der Waals surface area (Å²) in [6.45, 7) is 6.93. The second-order valence-corrected chi connectivity index (χ2v) is 5.52. The summed E-state index contributed by atoms with van der Waals surface area (Å²) in [7, 11) is 1.58. The fraction of sp³-hybridized carbons (Fsp3) is 0.529. The molecular weight excluding hydrogens is 282 g/mol. The number of esters is 1. The molecule has 22 heavy (non-hydrogen) atoms. The van der Waals surface area contributed by atoms with Crippen LogP contribution in [0.2, 0.25) is 0 Å². The first-order chi connectivity index (χ1) is 10.4. The third-order valence-electron chi connectivity index (χ3n) is 3.08. The van der Waals surface area contributed by atoms with Crippen LogP contribution in [0.3, 0.4) is 0 Å². The highest BCUT2D eigenvalue weighted by atomic mass is 16.5. The minimum atomic E-state index is -0.410. The highest BCUT2D eigenvalue weighted by Gasteiger charge is 2.15. The molecule has 0 saturated carbocycles. The summed E-state index contributed by atoms with van der Waals surface area (Å²) in [5.74, 6) is 0.705. The van der Waals surface area contributed by atoms with E-state index in [1.165, 1.54) is 4.90 Å². The number of carbonyl (C=O) groups is 2. The molecule has 0 radical (unpaired) electrons. The Kier molecular flexibility index (Phi) is 7.43. The lowest BCUT2D eigenvalue weighted by molar-refractivity contribution is -0.143. The number of rotatable bonds is 8. The second kappa shape index (κ2) is 9.07. The summed E-state index contributed by atoms with van der Waals surface area (Å²) < 4.78 is 10.4. The number of hydrogen-bond donors (Lipinski definition) is 0. The zero-order valence-corrected chi connectivity index (χ0v) is 13.8. The Morgan fingerprint density at radius 3 is 2.36 bits per heavy atom. The summed E-state index contributed by atoms with van der Waals surface area (Å²) in [4.78, 5) is 24.9. The summed E-state index contributed by atoms with van der Waals surface area (Å²) in [6, 6.07) is 6.95. The Hall–Kier alpha value is -2.04. The molecule has 0 fully saturated rings. The van der Waals surface area contributed by atoms with Gasteiger partial charge in [0.2, 0.25) is 0 Å². The van der Waals surface area contributed by atoms with Crippen molar-refractivity contribution < 1.29 is 19.1 Å². The molecule has 1 aromatic carbocycles. The van der Waals surface area contributed by atoms with Gasteiger partial charge in [-0.15, -0.1) is 0 Å². The Balaban J connectivity index is 2.54. The summed E-state index contributed by atoms with van der Waals surface area (Å²) >= 11 is 0. The minimum absolute atomic E-state index is 0.0562. The third-order valence-corrected chi connectivity index (χ3v) is 3.08. The maximum Gasteiger partial charge on any atom is 0.325 e. The van der Waals surface area contributed by atoms with E-state index in [1.54, 1.807) is 38.2 Å². The lowest BCUT2D eigenvalue weighted by Crippen LogP contribution is -2.33. The fourth-order valence-electron chi connectivity index (χ4n) is 1.80. The smallest absolute Gasteiger partial charge is 0.325 e. The number of benzene rings is 1. The fourth-order valence-corrected chi connectivity index (χ4v) is 1.80. The molecule has 0 aliphatic rings. The number of hydrogen-bond acceptors (Lipinski definition) is 4. The van der Waals surface area contributed by atoms with E-state index in [9.17, 15) is 9.59 Å². The molecule has 1 rings (SSSR count). The number of nitrogens with zero attached hydrogens (tertiary/aromatic N) is 1. The molecule has 0 atom stereocenters. The molecule has 122 valence electrons. The molecule has 1 aromatic rings. The predicted molar refractivity (Wildman–Crippen MR) is 85.0 cm³/mol. The van der Waals surface area contributed by atoms with E-state index in [4.69, 9.17) is 9.47 Å². The molecule has 0 aromatic heterocycles. The van der Waals surface area contributed by atoms with Gasteiger partial charge in [0.15, 0.2) is 0 Å². The summed E-state index contributed by atoms with van der Waals surface area (Å²) in [5, 5.41) is 0. The van der Waals surface area contributed by atoms with Gasteiger partial charge in [0.05, 0.1) is 13.2 Å². The average Bonchev–Trinajstić information content (AvgIpc) is 2.47. The van der Waals surface area contributed by atoms with E-state index in [0.29, 0.717) is 24.7 Å². The molecule has 5 heteroatoms. The number of amides is 1. The van der Waals surface area contributed by atoms with Gasteiger partial charge in [-0.2, -0.15) is 0 Å². The van der Waals surface area contributed by atoms with Crippen molar-refractivity contribution in [2.75, 3.05) is 26.8 Å². The van der Waals surface area contributed by atoms with E-state index < -0.39 is 5.97 Å². The molecule has 1 amide bonds. The third kappa shape index (κ3) is 6.16. The minimum Gasteiger partial charge on any atom is -0.494 e. The number of carbonyl (C=O) groups excluding carboxylic acids is 2. The highest BCUT2D eigenvalue weighted by molar-refractivity contribution is 5.95. The van der Waals surface area contributed by atoms with Gasteiger partial charge < -0.3 is 14.4 Å². The molecule has 0 bridgehead atoms.